The molecule has 1 amide bonds. The fraction of sp³-hybridized carbons (Fsp3) is 0.400. The monoisotopic (exact) mass is 365 g/mol. The lowest BCUT2D eigenvalue weighted by molar-refractivity contribution is 0.0624. The highest BCUT2D eigenvalue weighted by Gasteiger charge is 2.23. The summed E-state index contributed by atoms with van der Waals surface area (Å²) in [6.45, 7) is 4.89. The number of sulfonamides is 1. The number of carbonyl (C=O) groups excluding carboxylic acids is 1. The Hall–Kier alpha value is -2.30. The molecule has 0 spiro atoms. The molecule has 1 aliphatic rings. The number of carbonyl (C=O) groups is 1. The maximum absolute atomic E-state index is 12.5. The highest BCUT2D eigenvalue weighted by molar-refractivity contribution is 7.89. The quantitative estimate of drug-likeness (QED) is 0.808. The molecule has 2 heterocycles. The molecule has 0 saturated carbocycles. The topological polar surface area (TPSA) is 123 Å². The van der Waals surface area contributed by atoms with Gasteiger partial charge in [-0.15, -0.1) is 0 Å². The van der Waals surface area contributed by atoms with Crippen LogP contribution in [0, 0.1) is 6.92 Å². The van der Waals surface area contributed by atoms with Gasteiger partial charge >= 0.3 is 0 Å². The predicted molar refractivity (Wildman–Crippen MR) is 88.0 cm³/mol. The minimum atomic E-state index is -3.76. The van der Waals surface area contributed by atoms with E-state index in [2.05, 4.69) is 15.0 Å². The molecule has 2 aromatic rings. The predicted octanol–water partition coefficient (Wildman–Crippen LogP) is -0.0166. The van der Waals surface area contributed by atoms with Gasteiger partial charge in [0.25, 0.3) is 5.91 Å². The van der Waals surface area contributed by atoms with Gasteiger partial charge in [0.2, 0.25) is 15.9 Å². The normalized spacial score (nSPS) is 16.2. The van der Waals surface area contributed by atoms with E-state index in [1.807, 2.05) is 0 Å². The molecule has 3 rings (SSSR count). The Morgan fingerprint density at radius 2 is 1.84 bits per heavy atom. The summed E-state index contributed by atoms with van der Waals surface area (Å²) in [5.74, 6) is 1.04. The maximum atomic E-state index is 12.5. The van der Waals surface area contributed by atoms with Crippen molar-refractivity contribution in [3.8, 4) is 0 Å². The maximum Gasteiger partial charge on any atom is 0.253 e. The Labute approximate surface area is 145 Å². The smallest absolute Gasteiger partial charge is 0.253 e. The summed E-state index contributed by atoms with van der Waals surface area (Å²) in [6, 6.07) is 5.65. The Kier molecular flexibility index (Phi) is 4.84. The Bertz CT molecular complexity index is 854. The van der Waals surface area contributed by atoms with Crippen molar-refractivity contribution in [2.75, 3.05) is 26.2 Å². The van der Waals surface area contributed by atoms with Gasteiger partial charge in [0, 0.05) is 38.7 Å². The Morgan fingerprint density at radius 3 is 2.36 bits per heavy atom. The van der Waals surface area contributed by atoms with Crippen molar-refractivity contribution in [3.05, 3.63) is 41.5 Å². The first-order chi connectivity index (χ1) is 11.8. The van der Waals surface area contributed by atoms with E-state index in [1.165, 1.54) is 24.3 Å². The third-order valence-electron chi connectivity index (χ3n) is 4.02. The lowest BCUT2D eigenvalue weighted by Crippen LogP contribution is -2.48. The number of primary sulfonamides is 1. The van der Waals surface area contributed by atoms with Gasteiger partial charge in [0.15, 0.2) is 5.82 Å². The third kappa shape index (κ3) is 4.21. The molecule has 0 radical (unpaired) electrons. The molecule has 1 saturated heterocycles. The average molecular weight is 365 g/mol. The lowest BCUT2D eigenvalue weighted by atomic mass is 10.2. The number of nitrogens with two attached hydrogens (primary N) is 1. The summed E-state index contributed by atoms with van der Waals surface area (Å²) < 4.78 is 27.5. The molecule has 2 N–H and O–H groups in total. The fourth-order valence-electron chi connectivity index (χ4n) is 2.68. The van der Waals surface area contributed by atoms with Gasteiger partial charge in [-0.2, -0.15) is 4.98 Å². The number of benzene rings is 1. The molecule has 1 fully saturated rings. The second kappa shape index (κ2) is 6.90. The molecule has 0 aliphatic carbocycles. The lowest BCUT2D eigenvalue weighted by Gasteiger charge is -2.34. The van der Waals surface area contributed by atoms with Crippen LogP contribution in [0.3, 0.4) is 0 Å². The van der Waals surface area contributed by atoms with Gasteiger partial charge in [-0.05, 0) is 24.3 Å². The molecular weight excluding hydrogens is 346 g/mol. The zero-order chi connectivity index (χ0) is 18.0. The van der Waals surface area contributed by atoms with Gasteiger partial charge in [-0.1, -0.05) is 5.16 Å². The van der Waals surface area contributed by atoms with Crippen LogP contribution >= 0.6 is 0 Å². The molecule has 1 aromatic heterocycles. The standard InChI is InChI=1S/C15H19N5O4S/c1-11-17-14(18-24-11)10-19-6-8-20(9-7-19)15(21)12-2-4-13(5-3-12)25(16,22)23/h2-5H,6-10H2,1H3,(H2,16,22,23). The van der Waals surface area contributed by atoms with Crippen molar-refractivity contribution in [2.24, 2.45) is 5.14 Å². The molecule has 9 nitrogen and oxygen atoms in total. The summed E-state index contributed by atoms with van der Waals surface area (Å²) in [4.78, 5) is 20.6. The highest BCUT2D eigenvalue weighted by Crippen LogP contribution is 2.13. The molecule has 1 aliphatic heterocycles. The zero-order valence-electron chi connectivity index (χ0n) is 13.8. The second-order valence-electron chi connectivity index (χ2n) is 5.87. The number of rotatable bonds is 4. The summed E-state index contributed by atoms with van der Waals surface area (Å²) in [5.41, 5.74) is 0.439. The molecule has 0 atom stereocenters. The number of nitrogens with zero attached hydrogens (tertiary/aromatic N) is 4. The van der Waals surface area contributed by atoms with Crippen LogP contribution in [0.4, 0.5) is 0 Å². The van der Waals surface area contributed by atoms with Gasteiger partial charge in [0.1, 0.15) is 0 Å². The SMILES string of the molecule is Cc1nc(CN2CCN(C(=O)c3ccc(S(N)(=O)=O)cc3)CC2)no1. The van der Waals surface area contributed by atoms with E-state index in [4.69, 9.17) is 9.66 Å². The largest absolute Gasteiger partial charge is 0.340 e. The van der Waals surface area contributed by atoms with Crippen LogP contribution in [-0.4, -0.2) is 60.4 Å². The van der Waals surface area contributed by atoms with E-state index < -0.39 is 10.0 Å². The van der Waals surface area contributed by atoms with Crippen LogP contribution in [0.25, 0.3) is 0 Å². The molecule has 25 heavy (non-hydrogen) atoms. The molecule has 1 aromatic carbocycles. The van der Waals surface area contributed by atoms with Crippen molar-refractivity contribution in [2.45, 2.75) is 18.4 Å². The number of hydrogen-bond donors (Lipinski definition) is 1. The van der Waals surface area contributed by atoms with Crippen molar-refractivity contribution in [1.29, 1.82) is 0 Å². The molecule has 0 unspecified atom stereocenters. The minimum Gasteiger partial charge on any atom is -0.340 e. The van der Waals surface area contributed by atoms with E-state index in [0.29, 0.717) is 50.0 Å². The van der Waals surface area contributed by atoms with E-state index in [1.54, 1.807) is 11.8 Å². The second-order valence-corrected chi connectivity index (χ2v) is 7.43. The van der Waals surface area contributed by atoms with Crippen molar-refractivity contribution < 1.29 is 17.7 Å². The number of aromatic nitrogens is 2. The summed E-state index contributed by atoms with van der Waals surface area (Å²) >= 11 is 0. The van der Waals surface area contributed by atoms with Crippen LogP contribution in [0.5, 0.6) is 0 Å². The first kappa shape index (κ1) is 17.5. The van der Waals surface area contributed by atoms with Crippen LogP contribution in [-0.2, 0) is 16.6 Å². The first-order valence-electron chi connectivity index (χ1n) is 7.76. The summed E-state index contributed by atoms with van der Waals surface area (Å²) in [7, 11) is -3.76. The van der Waals surface area contributed by atoms with Crippen molar-refractivity contribution in [3.63, 3.8) is 0 Å². The average Bonchev–Trinajstić information content (AvgIpc) is 2.99. The highest BCUT2D eigenvalue weighted by atomic mass is 32.2. The molecule has 10 heteroatoms. The van der Waals surface area contributed by atoms with Crippen molar-refractivity contribution in [1.82, 2.24) is 19.9 Å². The fourth-order valence-corrected chi connectivity index (χ4v) is 3.20. The van der Waals surface area contributed by atoms with Gasteiger partial charge < -0.3 is 9.42 Å². The Morgan fingerprint density at radius 1 is 1.20 bits per heavy atom. The van der Waals surface area contributed by atoms with E-state index in [0.717, 1.165) is 0 Å². The van der Waals surface area contributed by atoms with Gasteiger partial charge in [0.05, 0.1) is 11.4 Å². The van der Waals surface area contributed by atoms with Gasteiger partial charge in [-0.25, -0.2) is 13.6 Å². The first-order valence-corrected chi connectivity index (χ1v) is 9.31. The zero-order valence-corrected chi connectivity index (χ0v) is 14.6. The van der Waals surface area contributed by atoms with E-state index in [-0.39, 0.29) is 10.8 Å². The number of amides is 1. The molecule has 134 valence electrons. The minimum absolute atomic E-state index is 0.00993. The number of piperazine rings is 1. The molecule has 0 bridgehead atoms. The van der Waals surface area contributed by atoms with E-state index >= 15 is 0 Å². The molecular formula is C15H19N5O4S. The van der Waals surface area contributed by atoms with Crippen LogP contribution in [0.1, 0.15) is 22.1 Å². The van der Waals surface area contributed by atoms with Crippen LogP contribution < -0.4 is 5.14 Å². The van der Waals surface area contributed by atoms with E-state index in [9.17, 15) is 13.2 Å². The third-order valence-corrected chi connectivity index (χ3v) is 4.95. The number of aryl methyl sites for hydroxylation is 1. The summed E-state index contributed by atoms with van der Waals surface area (Å²) in [5, 5.41) is 8.93. The number of hydrogen-bond acceptors (Lipinski definition) is 7. The summed E-state index contributed by atoms with van der Waals surface area (Å²) in [6.07, 6.45) is 0. The Balaban J connectivity index is 1.58. The van der Waals surface area contributed by atoms with Crippen molar-refractivity contribution >= 4 is 15.9 Å². The van der Waals surface area contributed by atoms with Crippen LogP contribution in [0.2, 0.25) is 0 Å². The van der Waals surface area contributed by atoms with Crippen LogP contribution in [0.15, 0.2) is 33.7 Å². The van der Waals surface area contributed by atoms with Gasteiger partial charge in [-0.3, -0.25) is 9.69 Å².